The van der Waals surface area contributed by atoms with Gasteiger partial charge in [-0.15, -0.1) is 0 Å². The van der Waals surface area contributed by atoms with Gasteiger partial charge in [0.05, 0.1) is 5.75 Å². The Labute approximate surface area is 170 Å². The fourth-order valence-corrected chi connectivity index (χ4v) is 4.57. The van der Waals surface area contributed by atoms with Crippen LogP contribution in [0.2, 0.25) is 0 Å². The van der Waals surface area contributed by atoms with Crippen LogP contribution in [0, 0.1) is 15.2 Å². The van der Waals surface area contributed by atoms with Crippen molar-refractivity contribution in [3.8, 4) is 0 Å². The van der Waals surface area contributed by atoms with Crippen LogP contribution < -0.4 is 5.32 Å². The molecule has 0 saturated carbocycles. The molecule has 0 aliphatic carbocycles. The van der Waals surface area contributed by atoms with Gasteiger partial charge in [0.15, 0.2) is 11.6 Å². The van der Waals surface area contributed by atoms with E-state index in [1.807, 2.05) is 0 Å². The van der Waals surface area contributed by atoms with Crippen LogP contribution in [-0.4, -0.2) is 43.2 Å². The summed E-state index contributed by atoms with van der Waals surface area (Å²) in [4.78, 5) is 16.3. The van der Waals surface area contributed by atoms with Gasteiger partial charge >= 0.3 is 6.09 Å². The summed E-state index contributed by atoms with van der Waals surface area (Å²) >= 11 is 1.80. The van der Waals surface area contributed by atoms with E-state index in [0.29, 0.717) is 3.57 Å². The molecule has 0 spiro atoms. The third-order valence-corrected chi connectivity index (χ3v) is 6.27. The molecule has 0 radical (unpaired) electrons. The van der Waals surface area contributed by atoms with Gasteiger partial charge in [-0.25, -0.2) is 31.3 Å². The molecule has 1 atom stereocenters. The molecule has 1 aliphatic heterocycles. The van der Waals surface area contributed by atoms with Gasteiger partial charge in [0.25, 0.3) is 0 Å². The van der Waals surface area contributed by atoms with E-state index in [0.717, 1.165) is 10.4 Å². The summed E-state index contributed by atoms with van der Waals surface area (Å²) in [5.41, 5.74) is -2.67. The van der Waals surface area contributed by atoms with E-state index in [4.69, 9.17) is 4.74 Å². The van der Waals surface area contributed by atoms with Crippen molar-refractivity contribution < 1.29 is 26.7 Å². The quantitative estimate of drug-likeness (QED) is 0.461. The lowest BCUT2D eigenvalue weighted by Crippen LogP contribution is -2.54. The van der Waals surface area contributed by atoms with Gasteiger partial charge in [0, 0.05) is 16.2 Å². The van der Waals surface area contributed by atoms with Crippen LogP contribution in [-0.2, 0) is 20.3 Å². The third-order valence-electron chi connectivity index (χ3n) is 3.72. The number of carbonyl (C=O) groups is 1. The Hall–Kier alpha value is -1.50. The van der Waals surface area contributed by atoms with Gasteiger partial charge in [-0.1, -0.05) is 0 Å². The fraction of sp³-hybridized carbons (Fsp3) is 0.500. The fourth-order valence-electron chi connectivity index (χ4n) is 2.51. The summed E-state index contributed by atoms with van der Waals surface area (Å²) in [5.74, 6) is -3.21. The van der Waals surface area contributed by atoms with E-state index >= 15 is 0 Å². The first kappa shape index (κ1) is 21.8. The van der Waals surface area contributed by atoms with Crippen LogP contribution >= 0.6 is 22.6 Å². The Kier molecular flexibility index (Phi) is 5.77. The number of benzene rings is 1. The standard InChI is InChI=1S/C16H20F2IN3O4S/c1-15(2,3)26-14(23)20-13-21-16(4,8-27(24,25)22(13)5)10-6-9(19)7-11(17)12(10)18/h6-7H,8H2,1-5H3,(H,20,21,23)/t16-/m0/s1. The summed E-state index contributed by atoms with van der Waals surface area (Å²) < 4.78 is 59.7. The predicted octanol–water partition coefficient (Wildman–Crippen LogP) is 2.94. The largest absolute Gasteiger partial charge is 0.444 e. The zero-order valence-corrected chi connectivity index (χ0v) is 18.4. The number of nitrogens with one attached hydrogen (secondary N) is 1. The number of halogens is 3. The number of alkyl carbamates (subject to hydrolysis) is 1. The topological polar surface area (TPSA) is 88.1 Å². The van der Waals surface area contributed by atoms with Gasteiger partial charge in [0.2, 0.25) is 16.0 Å². The van der Waals surface area contributed by atoms with Gasteiger partial charge in [0.1, 0.15) is 11.1 Å². The van der Waals surface area contributed by atoms with Crippen molar-refractivity contribution in [1.82, 2.24) is 9.62 Å². The molecule has 7 nitrogen and oxygen atoms in total. The van der Waals surface area contributed by atoms with Crippen LogP contribution in [0.15, 0.2) is 17.1 Å². The van der Waals surface area contributed by atoms with Crippen molar-refractivity contribution in [1.29, 1.82) is 0 Å². The Morgan fingerprint density at radius 3 is 2.52 bits per heavy atom. The minimum atomic E-state index is -3.96. The first-order valence-electron chi connectivity index (χ1n) is 7.86. The molecule has 11 heteroatoms. The lowest BCUT2D eigenvalue weighted by molar-refractivity contribution is 0.0559. The Morgan fingerprint density at radius 1 is 1.37 bits per heavy atom. The zero-order chi connectivity index (χ0) is 20.8. The molecule has 150 valence electrons. The van der Waals surface area contributed by atoms with Crippen molar-refractivity contribution >= 4 is 44.7 Å². The van der Waals surface area contributed by atoms with E-state index < -0.39 is 44.6 Å². The number of nitrogens with zero attached hydrogens (tertiary/aromatic N) is 2. The van der Waals surface area contributed by atoms with Crippen molar-refractivity contribution in [2.75, 3.05) is 12.8 Å². The van der Waals surface area contributed by atoms with Crippen LogP contribution in [0.3, 0.4) is 0 Å². The molecular weight excluding hydrogens is 495 g/mol. The molecule has 1 aromatic carbocycles. The second-order valence-corrected chi connectivity index (χ2v) is 10.6. The Balaban J connectivity index is 2.54. The van der Waals surface area contributed by atoms with E-state index in [1.165, 1.54) is 20.0 Å². The predicted molar refractivity (Wildman–Crippen MR) is 105 cm³/mol. The number of rotatable bonds is 1. The molecule has 0 fully saturated rings. The van der Waals surface area contributed by atoms with Crippen molar-refractivity contribution in [3.05, 3.63) is 32.9 Å². The smallest absolute Gasteiger partial charge is 0.414 e. The zero-order valence-electron chi connectivity index (χ0n) is 15.4. The molecule has 1 N–H and O–H groups in total. The molecule has 1 heterocycles. The molecule has 0 aromatic heterocycles. The summed E-state index contributed by atoms with van der Waals surface area (Å²) in [6.07, 6.45) is -0.915. The Morgan fingerprint density at radius 2 is 1.96 bits per heavy atom. The molecule has 1 aromatic rings. The number of ether oxygens (including phenoxy) is 1. The van der Waals surface area contributed by atoms with E-state index in [9.17, 15) is 22.0 Å². The number of sulfonamides is 1. The second-order valence-electron chi connectivity index (χ2n) is 7.31. The average Bonchev–Trinajstić information content (AvgIpc) is 2.45. The number of hydrogen-bond donors (Lipinski definition) is 1. The highest BCUT2D eigenvalue weighted by Gasteiger charge is 2.43. The van der Waals surface area contributed by atoms with Crippen molar-refractivity contribution in [2.24, 2.45) is 4.99 Å². The van der Waals surface area contributed by atoms with Crippen molar-refractivity contribution in [3.63, 3.8) is 0 Å². The molecule has 1 amide bonds. The number of guanidine groups is 1. The monoisotopic (exact) mass is 515 g/mol. The normalized spacial score (nSPS) is 22.2. The van der Waals surface area contributed by atoms with Crippen LogP contribution in [0.5, 0.6) is 0 Å². The van der Waals surface area contributed by atoms with E-state index in [-0.39, 0.29) is 11.5 Å². The maximum absolute atomic E-state index is 14.4. The molecule has 1 aliphatic rings. The molecule has 0 unspecified atom stereocenters. The number of amides is 1. The van der Waals surface area contributed by atoms with Gasteiger partial charge < -0.3 is 4.74 Å². The summed E-state index contributed by atoms with van der Waals surface area (Å²) in [5, 5.41) is 2.27. The first-order valence-corrected chi connectivity index (χ1v) is 10.5. The van der Waals surface area contributed by atoms with Crippen molar-refractivity contribution in [2.45, 2.75) is 38.8 Å². The number of hydrogen-bond acceptors (Lipinski definition) is 5. The van der Waals surface area contributed by atoms with Crippen LogP contribution in [0.4, 0.5) is 13.6 Å². The average molecular weight is 515 g/mol. The summed E-state index contributed by atoms with van der Waals surface area (Å²) in [6, 6.07) is 2.32. The maximum Gasteiger partial charge on any atom is 0.414 e. The first-order chi connectivity index (χ1) is 12.1. The minimum Gasteiger partial charge on any atom is -0.444 e. The lowest BCUT2D eigenvalue weighted by atomic mass is 9.94. The minimum absolute atomic E-state index is 0.216. The highest BCUT2D eigenvalue weighted by Crippen LogP contribution is 2.35. The van der Waals surface area contributed by atoms with E-state index in [2.05, 4.69) is 10.3 Å². The van der Waals surface area contributed by atoms with E-state index in [1.54, 1.807) is 43.4 Å². The molecule has 27 heavy (non-hydrogen) atoms. The summed E-state index contributed by atoms with van der Waals surface area (Å²) in [7, 11) is -2.75. The molecule has 0 bridgehead atoms. The second kappa shape index (κ2) is 7.15. The van der Waals surface area contributed by atoms with Gasteiger partial charge in [-0.3, -0.25) is 5.32 Å². The maximum atomic E-state index is 14.4. The van der Waals surface area contributed by atoms with Crippen LogP contribution in [0.25, 0.3) is 0 Å². The SMILES string of the molecule is CN1C(NC(=O)OC(C)(C)C)=N[C@](C)(c2cc(I)cc(F)c2F)CS1(=O)=O. The van der Waals surface area contributed by atoms with Gasteiger partial charge in [-0.2, -0.15) is 0 Å². The van der Waals surface area contributed by atoms with Crippen LogP contribution in [0.1, 0.15) is 33.3 Å². The molecule has 0 saturated heterocycles. The third kappa shape index (κ3) is 4.86. The highest BCUT2D eigenvalue weighted by atomic mass is 127. The number of aliphatic imine (C=N–C) groups is 1. The lowest BCUT2D eigenvalue weighted by Gasteiger charge is -2.36. The molecular formula is C16H20F2IN3O4S. The summed E-state index contributed by atoms with van der Waals surface area (Å²) in [6.45, 7) is 6.29. The highest BCUT2D eigenvalue weighted by molar-refractivity contribution is 14.1. The van der Waals surface area contributed by atoms with Gasteiger partial charge in [-0.05, 0) is 62.4 Å². The Bertz CT molecular complexity index is 915. The number of carbonyl (C=O) groups excluding carboxylic acids is 1. The molecule has 2 rings (SSSR count).